The molecular formula is C13H12F3NO. The number of amides is 1. The van der Waals surface area contributed by atoms with Gasteiger partial charge < -0.3 is 5.32 Å². The molecule has 0 saturated heterocycles. The third-order valence-electron chi connectivity index (χ3n) is 2.28. The molecule has 0 heterocycles. The Balaban J connectivity index is 3.10. The number of alkyl halides is 3. The van der Waals surface area contributed by atoms with E-state index in [1.54, 1.807) is 13.8 Å². The number of carbonyl (C=O) groups is 1. The van der Waals surface area contributed by atoms with E-state index in [1.165, 1.54) is 0 Å². The number of hydrogen-bond acceptors (Lipinski definition) is 1. The van der Waals surface area contributed by atoms with Gasteiger partial charge in [0.05, 0.1) is 11.3 Å². The molecule has 0 spiro atoms. The van der Waals surface area contributed by atoms with Gasteiger partial charge in [-0.1, -0.05) is 19.8 Å². The zero-order chi connectivity index (χ0) is 13.9. The maximum Gasteiger partial charge on any atom is 0.416 e. The van der Waals surface area contributed by atoms with Gasteiger partial charge in [-0.05, 0) is 18.2 Å². The van der Waals surface area contributed by atoms with Gasteiger partial charge in [-0.3, -0.25) is 4.79 Å². The van der Waals surface area contributed by atoms with Crippen LogP contribution in [0, 0.1) is 18.3 Å². The highest BCUT2D eigenvalue weighted by Gasteiger charge is 2.31. The standard InChI is InChI=1S/C13H12F3NO/c1-4-9-7-10(13(14,15)16)5-6-11(9)17-12(18)8(2)3/h1,5-8H,2-3H3,(H,17,18). The smallest absolute Gasteiger partial charge is 0.325 e. The molecule has 0 saturated carbocycles. The Kier molecular flexibility index (Phi) is 4.02. The molecule has 0 unspecified atom stereocenters. The summed E-state index contributed by atoms with van der Waals surface area (Å²) in [6.45, 7) is 3.35. The zero-order valence-electron chi connectivity index (χ0n) is 9.93. The first-order valence-corrected chi connectivity index (χ1v) is 5.24. The Morgan fingerprint density at radius 3 is 2.44 bits per heavy atom. The minimum absolute atomic E-state index is 0.0128. The van der Waals surface area contributed by atoms with Gasteiger partial charge >= 0.3 is 6.18 Å². The summed E-state index contributed by atoms with van der Waals surface area (Å²) in [5.41, 5.74) is -0.610. The van der Waals surface area contributed by atoms with Crippen LogP contribution >= 0.6 is 0 Å². The average molecular weight is 255 g/mol. The van der Waals surface area contributed by atoms with Crippen molar-refractivity contribution in [3.05, 3.63) is 29.3 Å². The Bertz CT molecular complexity index is 498. The van der Waals surface area contributed by atoms with E-state index < -0.39 is 11.7 Å². The molecule has 2 nitrogen and oxygen atoms in total. The van der Waals surface area contributed by atoms with Crippen LogP contribution in [0.1, 0.15) is 25.0 Å². The lowest BCUT2D eigenvalue weighted by Crippen LogP contribution is -2.18. The molecule has 1 N–H and O–H groups in total. The first-order chi connectivity index (χ1) is 8.25. The third kappa shape index (κ3) is 3.27. The number of benzene rings is 1. The predicted octanol–water partition coefficient (Wildman–Crippen LogP) is 3.28. The zero-order valence-corrected chi connectivity index (χ0v) is 9.93. The van der Waals surface area contributed by atoms with Crippen molar-refractivity contribution in [1.29, 1.82) is 0 Å². The molecule has 1 aromatic rings. The van der Waals surface area contributed by atoms with E-state index >= 15 is 0 Å². The largest absolute Gasteiger partial charge is 0.416 e. The van der Waals surface area contributed by atoms with Crippen LogP contribution < -0.4 is 5.32 Å². The molecule has 0 radical (unpaired) electrons. The Morgan fingerprint density at radius 2 is 2.00 bits per heavy atom. The van der Waals surface area contributed by atoms with Gasteiger partial charge in [-0.2, -0.15) is 13.2 Å². The van der Waals surface area contributed by atoms with Crippen LogP contribution in [0.2, 0.25) is 0 Å². The number of halogens is 3. The van der Waals surface area contributed by atoms with Gasteiger partial charge in [-0.25, -0.2) is 0 Å². The summed E-state index contributed by atoms with van der Waals surface area (Å²) >= 11 is 0. The highest BCUT2D eigenvalue weighted by Crippen LogP contribution is 2.31. The van der Waals surface area contributed by atoms with Crippen molar-refractivity contribution in [2.75, 3.05) is 5.32 Å². The number of anilines is 1. The first-order valence-electron chi connectivity index (χ1n) is 5.24. The van der Waals surface area contributed by atoms with Gasteiger partial charge in [0, 0.05) is 11.5 Å². The van der Waals surface area contributed by atoms with E-state index in [-0.39, 0.29) is 23.1 Å². The molecule has 0 aromatic heterocycles. The predicted molar refractivity (Wildman–Crippen MR) is 62.8 cm³/mol. The van der Waals surface area contributed by atoms with E-state index in [0.717, 1.165) is 18.2 Å². The molecule has 0 aliphatic heterocycles. The summed E-state index contributed by atoms with van der Waals surface area (Å²) < 4.78 is 37.4. The van der Waals surface area contributed by atoms with Crippen molar-refractivity contribution in [2.45, 2.75) is 20.0 Å². The lowest BCUT2D eigenvalue weighted by molar-refractivity contribution is -0.137. The highest BCUT2D eigenvalue weighted by atomic mass is 19.4. The van der Waals surface area contributed by atoms with Crippen molar-refractivity contribution in [3.8, 4) is 12.3 Å². The fraction of sp³-hybridized carbons (Fsp3) is 0.308. The molecule has 0 fully saturated rings. The van der Waals surface area contributed by atoms with Crippen LogP contribution in [0.4, 0.5) is 18.9 Å². The summed E-state index contributed by atoms with van der Waals surface area (Å²) in [5, 5.41) is 2.49. The van der Waals surface area contributed by atoms with Crippen LogP contribution in [0.15, 0.2) is 18.2 Å². The fourth-order valence-electron chi connectivity index (χ4n) is 1.23. The van der Waals surface area contributed by atoms with E-state index in [4.69, 9.17) is 6.42 Å². The van der Waals surface area contributed by atoms with Crippen molar-refractivity contribution in [1.82, 2.24) is 0 Å². The second-order valence-corrected chi connectivity index (χ2v) is 4.05. The normalized spacial score (nSPS) is 11.2. The molecule has 0 atom stereocenters. The number of carbonyl (C=O) groups excluding carboxylic acids is 1. The molecule has 0 bridgehead atoms. The number of hydrogen-bond donors (Lipinski definition) is 1. The average Bonchev–Trinajstić information content (AvgIpc) is 2.27. The molecular weight excluding hydrogens is 243 g/mol. The minimum atomic E-state index is -4.45. The van der Waals surface area contributed by atoms with Crippen molar-refractivity contribution < 1.29 is 18.0 Å². The SMILES string of the molecule is C#Cc1cc(C(F)(F)F)ccc1NC(=O)C(C)C. The fourth-order valence-corrected chi connectivity index (χ4v) is 1.23. The second kappa shape index (κ2) is 5.13. The molecule has 0 aliphatic rings. The number of nitrogens with one attached hydrogen (secondary N) is 1. The lowest BCUT2D eigenvalue weighted by Gasteiger charge is -2.12. The van der Waals surface area contributed by atoms with Crippen molar-refractivity contribution in [2.24, 2.45) is 5.92 Å². The maximum absolute atomic E-state index is 12.5. The number of terminal acetylenes is 1. The maximum atomic E-state index is 12.5. The quantitative estimate of drug-likeness (QED) is 0.807. The summed E-state index contributed by atoms with van der Waals surface area (Å²) in [4.78, 5) is 11.5. The molecule has 96 valence electrons. The highest BCUT2D eigenvalue weighted by molar-refractivity contribution is 5.93. The van der Waals surface area contributed by atoms with Crippen LogP contribution in [-0.2, 0) is 11.0 Å². The van der Waals surface area contributed by atoms with Gasteiger partial charge in [0.25, 0.3) is 0 Å². The van der Waals surface area contributed by atoms with Crippen molar-refractivity contribution in [3.63, 3.8) is 0 Å². The third-order valence-corrected chi connectivity index (χ3v) is 2.28. The Labute approximate surface area is 103 Å². The van der Waals surface area contributed by atoms with Gasteiger partial charge in [0.15, 0.2) is 0 Å². The molecule has 0 aliphatic carbocycles. The van der Waals surface area contributed by atoms with Gasteiger partial charge in [0.1, 0.15) is 0 Å². The summed E-state index contributed by atoms with van der Waals surface area (Å²) in [7, 11) is 0. The monoisotopic (exact) mass is 255 g/mol. The molecule has 1 aromatic carbocycles. The van der Waals surface area contributed by atoms with E-state index in [1.807, 2.05) is 0 Å². The Hall–Kier alpha value is -1.96. The first kappa shape index (κ1) is 14.1. The Morgan fingerprint density at radius 1 is 1.39 bits per heavy atom. The van der Waals surface area contributed by atoms with Gasteiger partial charge in [-0.15, -0.1) is 6.42 Å². The topological polar surface area (TPSA) is 29.1 Å². The lowest BCUT2D eigenvalue weighted by atomic mass is 10.1. The van der Waals surface area contributed by atoms with Crippen LogP contribution in [0.3, 0.4) is 0 Å². The van der Waals surface area contributed by atoms with Crippen LogP contribution in [0.5, 0.6) is 0 Å². The molecule has 18 heavy (non-hydrogen) atoms. The van der Waals surface area contributed by atoms with Crippen LogP contribution in [0.25, 0.3) is 0 Å². The van der Waals surface area contributed by atoms with Crippen LogP contribution in [-0.4, -0.2) is 5.91 Å². The minimum Gasteiger partial charge on any atom is -0.325 e. The van der Waals surface area contributed by atoms with E-state index in [9.17, 15) is 18.0 Å². The summed E-state index contributed by atoms with van der Waals surface area (Å²) in [6, 6.07) is 2.89. The summed E-state index contributed by atoms with van der Waals surface area (Å²) in [6.07, 6.45) is 0.694. The number of rotatable bonds is 2. The molecule has 1 amide bonds. The second-order valence-electron chi connectivity index (χ2n) is 4.05. The molecule has 1 rings (SSSR count). The van der Waals surface area contributed by atoms with E-state index in [2.05, 4.69) is 11.2 Å². The van der Waals surface area contributed by atoms with Crippen molar-refractivity contribution >= 4 is 11.6 Å². The van der Waals surface area contributed by atoms with Gasteiger partial charge in [0.2, 0.25) is 5.91 Å². The molecule has 5 heteroatoms. The summed E-state index contributed by atoms with van der Waals surface area (Å²) in [5.74, 6) is 1.56. The van der Waals surface area contributed by atoms with E-state index in [0.29, 0.717) is 0 Å².